The summed E-state index contributed by atoms with van der Waals surface area (Å²) < 4.78 is 28.2. The molecule has 0 atom stereocenters. The van der Waals surface area contributed by atoms with E-state index in [4.69, 9.17) is 5.73 Å². The number of nitrogens with two attached hydrogens (primary N) is 1. The van der Waals surface area contributed by atoms with Crippen LogP contribution in [0.25, 0.3) is 0 Å². The van der Waals surface area contributed by atoms with Gasteiger partial charge in [-0.25, -0.2) is 9.48 Å². The Morgan fingerprint density at radius 1 is 1.24 bits per heavy atom. The first-order valence-corrected chi connectivity index (χ1v) is 9.23. The quantitative estimate of drug-likeness (QED) is 0.846. The van der Waals surface area contributed by atoms with Crippen molar-refractivity contribution < 1.29 is 8.78 Å². The molecule has 1 heterocycles. The number of hydrogen-bond donors (Lipinski definition) is 1. The van der Waals surface area contributed by atoms with Gasteiger partial charge in [-0.2, -0.15) is 13.9 Å². The molecule has 2 rings (SSSR count). The third-order valence-corrected chi connectivity index (χ3v) is 5.25. The summed E-state index contributed by atoms with van der Waals surface area (Å²) in [5, 5.41) is 4.02. The first kappa shape index (κ1) is 19.8. The Hall–Kier alpha value is -1.50. The van der Waals surface area contributed by atoms with E-state index < -0.39 is 6.08 Å². The zero-order valence-corrected chi connectivity index (χ0v) is 15.3. The van der Waals surface area contributed by atoms with Crippen LogP contribution in [0.1, 0.15) is 65.2 Å². The molecule has 0 spiro atoms. The van der Waals surface area contributed by atoms with Gasteiger partial charge >= 0.3 is 5.69 Å². The molecule has 1 aromatic rings. The molecule has 5 nitrogen and oxygen atoms in total. The molecule has 0 saturated heterocycles. The highest BCUT2D eigenvalue weighted by Gasteiger charge is 2.28. The SMILES string of the molecule is CC(C)(CC1CCCCCCC1)n1cnn(CC(CN)=C(F)F)c1=O. The summed E-state index contributed by atoms with van der Waals surface area (Å²) in [5.74, 6) is 0.591. The Labute approximate surface area is 147 Å². The van der Waals surface area contributed by atoms with E-state index in [1.807, 2.05) is 13.8 Å². The van der Waals surface area contributed by atoms with Crippen molar-refractivity contribution in [2.24, 2.45) is 11.7 Å². The molecule has 1 aliphatic rings. The highest BCUT2D eigenvalue weighted by atomic mass is 19.3. The summed E-state index contributed by atoms with van der Waals surface area (Å²) in [6.45, 7) is 3.50. The van der Waals surface area contributed by atoms with Gasteiger partial charge in [0, 0.05) is 17.7 Å². The van der Waals surface area contributed by atoms with E-state index >= 15 is 0 Å². The lowest BCUT2D eigenvalue weighted by atomic mass is 9.82. The smallest absolute Gasteiger partial charge is 0.327 e. The van der Waals surface area contributed by atoms with Crippen molar-refractivity contribution in [3.8, 4) is 0 Å². The molecule has 7 heteroatoms. The van der Waals surface area contributed by atoms with Gasteiger partial charge in [0.2, 0.25) is 0 Å². The minimum Gasteiger partial charge on any atom is -0.327 e. The Bertz CT molecular complexity index is 636. The predicted molar refractivity (Wildman–Crippen MR) is 94.5 cm³/mol. The molecule has 0 aromatic carbocycles. The zero-order chi connectivity index (χ0) is 18.4. The fourth-order valence-electron chi connectivity index (χ4n) is 3.79. The normalized spacial score (nSPS) is 17.2. The van der Waals surface area contributed by atoms with Crippen LogP contribution in [-0.2, 0) is 12.1 Å². The predicted octanol–water partition coefficient (Wildman–Crippen LogP) is 3.64. The van der Waals surface area contributed by atoms with Gasteiger partial charge in [0.05, 0.1) is 6.54 Å². The second kappa shape index (κ2) is 8.74. The van der Waals surface area contributed by atoms with Crippen LogP contribution >= 0.6 is 0 Å². The lowest BCUT2D eigenvalue weighted by Gasteiger charge is -2.31. The van der Waals surface area contributed by atoms with E-state index in [1.54, 1.807) is 4.57 Å². The zero-order valence-electron chi connectivity index (χ0n) is 15.3. The second-order valence-corrected chi connectivity index (χ2v) is 7.74. The first-order chi connectivity index (χ1) is 11.8. The van der Waals surface area contributed by atoms with Crippen molar-refractivity contribution in [1.29, 1.82) is 0 Å². The maximum Gasteiger partial charge on any atom is 0.346 e. The standard InChI is InChI=1S/C18H30F2N4O/c1-18(2,10-14-8-6-4-3-5-7-9-14)23-13-22-24(17(23)25)12-15(11-21)16(19)20/h13-14H,3-12,21H2,1-2H3. The summed E-state index contributed by atoms with van der Waals surface area (Å²) >= 11 is 0. The van der Waals surface area contributed by atoms with Gasteiger partial charge in [-0.3, -0.25) is 4.57 Å². The van der Waals surface area contributed by atoms with Gasteiger partial charge < -0.3 is 5.73 Å². The molecule has 2 N–H and O–H groups in total. The molecular weight excluding hydrogens is 326 g/mol. The van der Waals surface area contributed by atoms with Crippen molar-refractivity contribution >= 4 is 0 Å². The largest absolute Gasteiger partial charge is 0.346 e. The first-order valence-electron chi connectivity index (χ1n) is 9.23. The Kier molecular flexibility index (Phi) is 6.93. The lowest BCUT2D eigenvalue weighted by Crippen LogP contribution is -2.38. The number of nitrogens with zero attached hydrogens (tertiary/aromatic N) is 3. The molecule has 1 aliphatic carbocycles. The van der Waals surface area contributed by atoms with Crippen LogP contribution in [0.15, 0.2) is 22.8 Å². The Morgan fingerprint density at radius 3 is 2.40 bits per heavy atom. The Morgan fingerprint density at radius 2 is 1.84 bits per heavy atom. The summed E-state index contributed by atoms with van der Waals surface area (Å²) in [5.41, 5.74) is 4.32. The monoisotopic (exact) mass is 356 g/mol. The van der Waals surface area contributed by atoms with Crippen LogP contribution in [0.2, 0.25) is 0 Å². The van der Waals surface area contributed by atoms with Crippen LogP contribution in [0.5, 0.6) is 0 Å². The lowest BCUT2D eigenvalue weighted by molar-refractivity contribution is 0.227. The third kappa shape index (κ3) is 5.23. The molecule has 0 radical (unpaired) electrons. The summed E-state index contributed by atoms with van der Waals surface area (Å²) in [6.07, 6.45) is 9.31. The van der Waals surface area contributed by atoms with E-state index in [0.717, 1.165) is 11.1 Å². The van der Waals surface area contributed by atoms with Crippen molar-refractivity contribution in [2.45, 2.75) is 77.3 Å². The molecule has 1 aromatic heterocycles. The number of halogens is 2. The third-order valence-electron chi connectivity index (χ3n) is 5.25. The van der Waals surface area contributed by atoms with Crippen molar-refractivity contribution in [3.63, 3.8) is 0 Å². The van der Waals surface area contributed by atoms with Crippen LogP contribution in [0.4, 0.5) is 8.78 Å². The van der Waals surface area contributed by atoms with E-state index in [9.17, 15) is 13.6 Å². The number of rotatable bonds is 6. The number of aromatic nitrogens is 3. The molecule has 1 saturated carbocycles. The van der Waals surface area contributed by atoms with Gasteiger partial charge in [-0.1, -0.05) is 44.9 Å². The Balaban J connectivity index is 2.13. The fraction of sp³-hybridized carbons (Fsp3) is 0.778. The molecule has 1 fully saturated rings. The molecule has 0 bridgehead atoms. The highest BCUT2D eigenvalue weighted by molar-refractivity contribution is 5.04. The average molecular weight is 356 g/mol. The van der Waals surface area contributed by atoms with Gasteiger partial charge in [0.1, 0.15) is 6.33 Å². The summed E-state index contributed by atoms with van der Waals surface area (Å²) in [4.78, 5) is 12.6. The molecular formula is C18H30F2N4O. The van der Waals surface area contributed by atoms with E-state index in [2.05, 4.69) is 5.10 Å². The number of hydrogen-bond acceptors (Lipinski definition) is 3. The second-order valence-electron chi connectivity index (χ2n) is 7.74. The van der Waals surface area contributed by atoms with E-state index in [-0.39, 0.29) is 29.9 Å². The highest BCUT2D eigenvalue weighted by Crippen LogP contribution is 2.31. The van der Waals surface area contributed by atoms with E-state index in [0.29, 0.717) is 5.92 Å². The summed E-state index contributed by atoms with van der Waals surface area (Å²) in [7, 11) is 0. The molecule has 142 valence electrons. The van der Waals surface area contributed by atoms with Crippen LogP contribution < -0.4 is 11.4 Å². The average Bonchev–Trinajstić information content (AvgIpc) is 2.88. The van der Waals surface area contributed by atoms with Crippen molar-refractivity contribution in [2.75, 3.05) is 6.54 Å². The van der Waals surface area contributed by atoms with Gasteiger partial charge in [-0.15, -0.1) is 0 Å². The van der Waals surface area contributed by atoms with Crippen molar-refractivity contribution in [3.05, 3.63) is 28.5 Å². The summed E-state index contributed by atoms with van der Waals surface area (Å²) in [6, 6.07) is 0. The van der Waals surface area contributed by atoms with Crippen molar-refractivity contribution in [1.82, 2.24) is 14.3 Å². The van der Waals surface area contributed by atoms with Crippen LogP contribution in [0.3, 0.4) is 0 Å². The fourth-order valence-corrected chi connectivity index (χ4v) is 3.79. The van der Waals surface area contributed by atoms with Gasteiger partial charge in [0.15, 0.2) is 0 Å². The minimum atomic E-state index is -1.84. The maximum absolute atomic E-state index is 12.8. The van der Waals surface area contributed by atoms with Crippen LogP contribution in [0, 0.1) is 5.92 Å². The topological polar surface area (TPSA) is 65.8 Å². The molecule has 25 heavy (non-hydrogen) atoms. The maximum atomic E-state index is 12.8. The van der Waals surface area contributed by atoms with Crippen LogP contribution in [-0.4, -0.2) is 20.9 Å². The molecule has 0 unspecified atom stereocenters. The minimum absolute atomic E-state index is 0.259. The molecule has 0 aliphatic heterocycles. The molecule has 0 amide bonds. The van der Waals surface area contributed by atoms with Gasteiger partial charge in [-0.05, 0) is 26.2 Å². The van der Waals surface area contributed by atoms with Gasteiger partial charge in [0.25, 0.3) is 6.08 Å². The van der Waals surface area contributed by atoms with E-state index in [1.165, 1.54) is 51.3 Å².